The molecule has 2 aromatic rings. The molecule has 21 heavy (non-hydrogen) atoms. The first kappa shape index (κ1) is 18.0. The second-order valence-corrected chi connectivity index (χ2v) is 5.45. The van der Waals surface area contributed by atoms with Gasteiger partial charge < -0.3 is 5.73 Å². The van der Waals surface area contributed by atoms with Crippen molar-refractivity contribution in [2.24, 2.45) is 0 Å². The van der Waals surface area contributed by atoms with Crippen molar-refractivity contribution in [2.45, 2.75) is 21.8 Å². The summed E-state index contributed by atoms with van der Waals surface area (Å²) < 4.78 is 39.1. The van der Waals surface area contributed by atoms with Crippen LogP contribution in [0.1, 0.15) is 11.1 Å². The van der Waals surface area contributed by atoms with E-state index in [1.807, 2.05) is 0 Å². The normalized spacial score (nSPS) is 11.0. The van der Waals surface area contributed by atoms with E-state index in [4.69, 9.17) is 17.3 Å². The Labute approximate surface area is 136 Å². The van der Waals surface area contributed by atoms with E-state index in [0.29, 0.717) is 4.90 Å². The third-order valence-electron chi connectivity index (χ3n) is 2.65. The molecule has 0 amide bonds. The highest BCUT2D eigenvalue weighted by Crippen LogP contribution is 2.41. The first-order valence-electron chi connectivity index (χ1n) is 5.70. The van der Waals surface area contributed by atoms with Crippen molar-refractivity contribution in [3.05, 3.63) is 53.6 Å². The Morgan fingerprint density at radius 1 is 1.05 bits per heavy atom. The maximum Gasteiger partial charge on any atom is 0.417 e. The number of anilines is 1. The molecule has 7 heteroatoms. The van der Waals surface area contributed by atoms with Crippen molar-refractivity contribution < 1.29 is 13.2 Å². The number of rotatable bonds is 3. The Bertz CT molecular complexity index is 617. The van der Waals surface area contributed by atoms with Crippen molar-refractivity contribution >= 4 is 41.5 Å². The second kappa shape index (κ2) is 7.29. The maximum absolute atomic E-state index is 13.0. The van der Waals surface area contributed by atoms with Crippen molar-refractivity contribution in [2.75, 3.05) is 5.73 Å². The van der Waals surface area contributed by atoms with E-state index in [9.17, 15) is 13.2 Å². The van der Waals surface area contributed by atoms with Crippen molar-refractivity contribution in [1.82, 2.24) is 0 Å². The number of alkyl halides is 4. The largest absolute Gasteiger partial charge is 0.417 e. The van der Waals surface area contributed by atoms with Gasteiger partial charge in [-0.25, -0.2) is 0 Å². The SMILES string of the molecule is Cl.Nc1ccc(Sc2ccccc2CCl)c(C(F)(F)F)c1. The molecule has 114 valence electrons. The summed E-state index contributed by atoms with van der Waals surface area (Å²) in [5, 5.41) is 0. The van der Waals surface area contributed by atoms with Gasteiger partial charge in [-0.05, 0) is 29.8 Å². The average molecular weight is 354 g/mol. The summed E-state index contributed by atoms with van der Waals surface area (Å²) in [6.45, 7) is 0. The average Bonchev–Trinajstić information content (AvgIpc) is 2.40. The van der Waals surface area contributed by atoms with E-state index in [2.05, 4.69) is 0 Å². The summed E-state index contributed by atoms with van der Waals surface area (Å²) in [5.74, 6) is 0.250. The van der Waals surface area contributed by atoms with Crippen LogP contribution in [0.4, 0.5) is 18.9 Å². The third kappa shape index (κ3) is 4.46. The summed E-state index contributed by atoms with van der Waals surface area (Å²) >= 11 is 6.84. The van der Waals surface area contributed by atoms with Crippen LogP contribution in [-0.2, 0) is 12.1 Å². The molecule has 0 aliphatic rings. The lowest BCUT2D eigenvalue weighted by molar-refractivity contribution is -0.139. The van der Waals surface area contributed by atoms with Crippen LogP contribution in [0.3, 0.4) is 0 Å². The Hall–Kier alpha value is -1.04. The maximum atomic E-state index is 13.0. The van der Waals surface area contributed by atoms with Gasteiger partial charge in [0.1, 0.15) is 0 Å². The molecule has 0 radical (unpaired) electrons. The van der Waals surface area contributed by atoms with Crippen molar-refractivity contribution in [3.8, 4) is 0 Å². The van der Waals surface area contributed by atoms with Gasteiger partial charge in [0.25, 0.3) is 0 Å². The smallest absolute Gasteiger partial charge is 0.399 e. The van der Waals surface area contributed by atoms with Crippen LogP contribution in [0.15, 0.2) is 52.3 Å². The standard InChI is InChI=1S/C14H11ClF3NS.ClH/c15-8-9-3-1-2-4-12(9)20-13-6-5-10(19)7-11(13)14(16,17)18;/h1-7H,8,19H2;1H. The first-order chi connectivity index (χ1) is 9.41. The van der Waals surface area contributed by atoms with Gasteiger partial charge in [-0.15, -0.1) is 24.0 Å². The second-order valence-electron chi connectivity index (χ2n) is 4.10. The predicted octanol–water partition coefficient (Wildman–Crippen LogP) is 5.60. The first-order valence-corrected chi connectivity index (χ1v) is 7.05. The van der Waals surface area contributed by atoms with E-state index < -0.39 is 11.7 Å². The van der Waals surface area contributed by atoms with Gasteiger partial charge in [0.15, 0.2) is 0 Å². The topological polar surface area (TPSA) is 26.0 Å². The molecule has 0 aliphatic carbocycles. The van der Waals surface area contributed by atoms with Crippen LogP contribution in [0.2, 0.25) is 0 Å². The van der Waals surface area contributed by atoms with Crippen LogP contribution in [0.5, 0.6) is 0 Å². The van der Waals surface area contributed by atoms with E-state index in [-0.39, 0.29) is 28.9 Å². The molecular formula is C14H12Cl2F3NS. The number of halogens is 5. The molecule has 0 saturated heterocycles. The monoisotopic (exact) mass is 353 g/mol. The number of benzene rings is 2. The Kier molecular flexibility index (Phi) is 6.25. The van der Waals surface area contributed by atoms with Crippen LogP contribution in [0.25, 0.3) is 0 Å². The highest BCUT2D eigenvalue weighted by molar-refractivity contribution is 7.99. The van der Waals surface area contributed by atoms with Crippen LogP contribution in [-0.4, -0.2) is 0 Å². The molecule has 0 bridgehead atoms. The highest BCUT2D eigenvalue weighted by Gasteiger charge is 2.33. The molecule has 0 unspecified atom stereocenters. The van der Waals surface area contributed by atoms with E-state index in [1.54, 1.807) is 24.3 Å². The molecule has 0 saturated carbocycles. The highest BCUT2D eigenvalue weighted by atomic mass is 35.5. The zero-order valence-corrected chi connectivity index (χ0v) is 13.0. The molecule has 2 N–H and O–H groups in total. The van der Waals surface area contributed by atoms with E-state index in [1.165, 1.54) is 12.1 Å². The van der Waals surface area contributed by atoms with Gasteiger partial charge >= 0.3 is 6.18 Å². The van der Waals surface area contributed by atoms with Gasteiger partial charge in [-0.3, -0.25) is 0 Å². The van der Waals surface area contributed by atoms with Gasteiger partial charge in [0.05, 0.1) is 5.56 Å². The fourth-order valence-electron chi connectivity index (χ4n) is 1.69. The summed E-state index contributed by atoms with van der Waals surface area (Å²) in [4.78, 5) is 0.821. The molecule has 0 aliphatic heterocycles. The zero-order valence-electron chi connectivity index (χ0n) is 10.7. The van der Waals surface area contributed by atoms with E-state index in [0.717, 1.165) is 23.4 Å². The minimum absolute atomic E-state index is 0. The molecule has 0 heterocycles. The van der Waals surface area contributed by atoms with Gasteiger partial charge in [-0.2, -0.15) is 13.2 Å². The molecule has 0 spiro atoms. The molecule has 1 nitrogen and oxygen atoms in total. The Morgan fingerprint density at radius 2 is 1.71 bits per heavy atom. The Morgan fingerprint density at radius 3 is 2.33 bits per heavy atom. The number of hydrogen-bond acceptors (Lipinski definition) is 2. The fourth-order valence-corrected chi connectivity index (χ4v) is 3.08. The van der Waals surface area contributed by atoms with Gasteiger partial charge in [0.2, 0.25) is 0 Å². The van der Waals surface area contributed by atoms with Crippen LogP contribution < -0.4 is 5.73 Å². The fraction of sp³-hybridized carbons (Fsp3) is 0.143. The zero-order chi connectivity index (χ0) is 14.8. The molecular weight excluding hydrogens is 342 g/mol. The predicted molar refractivity (Wildman–Crippen MR) is 83.2 cm³/mol. The molecule has 0 atom stereocenters. The quantitative estimate of drug-likeness (QED) is 0.574. The molecule has 2 rings (SSSR count). The lowest BCUT2D eigenvalue weighted by atomic mass is 10.2. The summed E-state index contributed by atoms with van der Waals surface area (Å²) in [6.07, 6.45) is -4.44. The van der Waals surface area contributed by atoms with Crippen molar-refractivity contribution in [1.29, 1.82) is 0 Å². The summed E-state index contributed by atoms with van der Waals surface area (Å²) in [7, 11) is 0. The van der Waals surface area contributed by atoms with Gasteiger partial charge in [0, 0.05) is 21.4 Å². The van der Waals surface area contributed by atoms with E-state index >= 15 is 0 Å². The van der Waals surface area contributed by atoms with Crippen LogP contribution in [0, 0.1) is 0 Å². The minimum Gasteiger partial charge on any atom is -0.399 e. The number of nitrogens with two attached hydrogens (primary N) is 1. The molecule has 0 aromatic heterocycles. The van der Waals surface area contributed by atoms with Crippen LogP contribution >= 0.6 is 35.8 Å². The summed E-state index contributed by atoms with van der Waals surface area (Å²) in [5.41, 5.74) is 5.60. The lowest BCUT2D eigenvalue weighted by Gasteiger charge is -2.14. The molecule has 0 fully saturated rings. The Balaban J connectivity index is 0.00000220. The molecule has 2 aromatic carbocycles. The summed E-state index contributed by atoms with van der Waals surface area (Å²) in [6, 6.07) is 10.9. The lowest BCUT2D eigenvalue weighted by Crippen LogP contribution is -2.07. The third-order valence-corrected chi connectivity index (χ3v) is 4.13. The minimum atomic E-state index is -4.44. The van der Waals surface area contributed by atoms with Gasteiger partial charge in [-0.1, -0.05) is 30.0 Å². The van der Waals surface area contributed by atoms with Crippen molar-refractivity contribution in [3.63, 3.8) is 0 Å². The number of nitrogen functional groups attached to an aromatic ring is 1. The number of hydrogen-bond donors (Lipinski definition) is 1.